The molecular weight excluding hydrogens is 484 g/mol. The smallest absolute Gasteiger partial charge is 0.251 e. The molecule has 0 saturated carbocycles. The second kappa shape index (κ2) is 9.10. The van der Waals surface area contributed by atoms with Gasteiger partial charge in [-0.15, -0.1) is 0 Å². The zero-order valence-electron chi connectivity index (χ0n) is 18.2. The van der Waals surface area contributed by atoms with Gasteiger partial charge in [-0.25, -0.2) is 19.9 Å². The topological polar surface area (TPSA) is 128 Å². The van der Waals surface area contributed by atoms with Gasteiger partial charge in [0.15, 0.2) is 10.5 Å². The molecule has 5 rings (SSSR count). The Morgan fingerprint density at radius 1 is 1.09 bits per heavy atom. The molecule has 0 spiro atoms. The van der Waals surface area contributed by atoms with Gasteiger partial charge < -0.3 is 10.5 Å². The predicted octanol–water partition coefficient (Wildman–Crippen LogP) is 5.11. The number of para-hydroxylation sites is 1. The van der Waals surface area contributed by atoms with E-state index < -0.39 is 5.91 Å². The van der Waals surface area contributed by atoms with Crippen molar-refractivity contribution in [1.82, 2.24) is 19.9 Å². The first kappa shape index (κ1) is 22.4. The SMILES string of the molecule is COc1ccccc1-c1cc(C#N)nc(-c2nc3ncc(-c4ccc(Cl)cc4)nc3s2)c1C(N)=O. The zero-order chi connectivity index (χ0) is 24.5. The minimum absolute atomic E-state index is 0.105. The number of aromatic nitrogens is 4. The molecule has 3 aromatic heterocycles. The van der Waals surface area contributed by atoms with E-state index in [1.165, 1.54) is 24.5 Å². The number of carbonyl (C=O) groups excluding carboxylic acids is 1. The number of benzene rings is 2. The molecule has 0 atom stereocenters. The number of nitrogens with zero attached hydrogens (tertiary/aromatic N) is 5. The lowest BCUT2D eigenvalue weighted by atomic mass is 9.96. The Morgan fingerprint density at radius 2 is 1.86 bits per heavy atom. The number of fused-ring (bicyclic) bond motifs is 1. The van der Waals surface area contributed by atoms with Crippen LogP contribution in [0.2, 0.25) is 5.02 Å². The van der Waals surface area contributed by atoms with Crippen LogP contribution in [0.3, 0.4) is 0 Å². The van der Waals surface area contributed by atoms with Gasteiger partial charge >= 0.3 is 0 Å². The van der Waals surface area contributed by atoms with E-state index in [-0.39, 0.29) is 17.0 Å². The second-order valence-electron chi connectivity index (χ2n) is 7.36. The maximum Gasteiger partial charge on any atom is 0.251 e. The highest BCUT2D eigenvalue weighted by molar-refractivity contribution is 7.21. The van der Waals surface area contributed by atoms with Crippen molar-refractivity contribution in [2.45, 2.75) is 0 Å². The van der Waals surface area contributed by atoms with E-state index >= 15 is 0 Å². The van der Waals surface area contributed by atoms with E-state index in [1.807, 2.05) is 18.2 Å². The minimum atomic E-state index is -0.708. The quantitative estimate of drug-likeness (QED) is 0.356. The molecule has 0 aliphatic heterocycles. The van der Waals surface area contributed by atoms with Crippen LogP contribution in [0.1, 0.15) is 16.1 Å². The van der Waals surface area contributed by atoms with Crippen LogP contribution in [0.5, 0.6) is 5.75 Å². The molecule has 0 unspecified atom stereocenters. The average Bonchev–Trinajstić information content (AvgIpc) is 3.31. The first-order valence-electron chi connectivity index (χ1n) is 10.3. The Hall–Kier alpha value is -4.39. The Kier molecular flexibility index (Phi) is 5.82. The van der Waals surface area contributed by atoms with Crippen LogP contribution in [0.25, 0.3) is 43.6 Å². The normalized spacial score (nSPS) is 10.8. The number of rotatable bonds is 5. The van der Waals surface area contributed by atoms with E-state index in [2.05, 4.69) is 26.0 Å². The fourth-order valence-corrected chi connectivity index (χ4v) is 4.69. The lowest BCUT2D eigenvalue weighted by Gasteiger charge is -2.14. The van der Waals surface area contributed by atoms with E-state index in [1.54, 1.807) is 36.5 Å². The third kappa shape index (κ3) is 4.17. The van der Waals surface area contributed by atoms with Gasteiger partial charge in [0, 0.05) is 21.7 Å². The first-order chi connectivity index (χ1) is 17.0. The Bertz CT molecular complexity index is 1640. The lowest BCUT2D eigenvalue weighted by Crippen LogP contribution is -2.16. The van der Waals surface area contributed by atoms with E-state index in [9.17, 15) is 10.1 Å². The number of primary amides is 1. The number of nitriles is 1. The molecule has 0 aliphatic rings. The van der Waals surface area contributed by atoms with Gasteiger partial charge in [-0.1, -0.05) is 53.3 Å². The number of hydrogen-bond acceptors (Lipinski definition) is 8. The van der Waals surface area contributed by atoms with Crippen LogP contribution in [0.4, 0.5) is 0 Å². The number of amides is 1. The van der Waals surface area contributed by atoms with Crippen molar-refractivity contribution in [3.63, 3.8) is 0 Å². The van der Waals surface area contributed by atoms with Gasteiger partial charge in [-0.3, -0.25) is 4.79 Å². The van der Waals surface area contributed by atoms with Gasteiger partial charge in [0.1, 0.15) is 28.2 Å². The molecule has 0 radical (unpaired) electrons. The van der Waals surface area contributed by atoms with Crippen LogP contribution in [-0.4, -0.2) is 33.0 Å². The summed E-state index contributed by atoms with van der Waals surface area (Å²) >= 11 is 7.19. The number of methoxy groups -OCH3 is 1. The Morgan fingerprint density at radius 3 is 2.57 bits per heavy atom. The summed E-state index contributed by atoms with van der Waals surface area (Å²) in [5.41, 5.74) is 9.15. The summed E-state index contributed by atoms with van der Waals surface area (Å²) in [7, 11) is 1.53. The Labute approximate surface area is 208 Å². The number of ether oxygens (including phenoxy) is 1. The summed E-state index contributed by atoms with van der Waals surface area (Å²) in [5, 5.41) is 10.6. The molecule has 8 nitrogen and oxygen atoms in total. The molecule has 1 amide bonds. The molecule has 2 aromatic carbocycles. The number of pyridine rings is 1. The highest BCUT2D eigenvalue weighted by Gasteiger charge is 2.24. The van der Waals surface area contributed by atoms with E-state index in [0.717, 1.165) is 5.56 Å². The van der Waals surface area contributed by atoms with E-state index in [4.69, 9.17) is 22.1 Å². The van der Waals surface area contributed by atoms with Crippen molar-refractivity contribution in [3.05, 3.63) is 77.1 Å². The van der Waals surface area contributed by atoms with Crippen LogP contribution in [0.15, 0.2) is 60.8 Å². The van der Waals surface area contributed by atoms with Crippen molar-refractivity contribution in [2.24, 2.45) is 5.73 Å². The first-order valence-corrected chi connectivity index (χ1v) is 11.5. The number of nitrogens with two attached hydrogens (primary N) is 1. The summed E-state index contributed by atoms with van der Waals surface area (Å²) in [6.45, 7) is 0. The van der Waals surface area contributed by atoms with Gasteiger partial charge in [0.05, 0.1) is 24.6 Å². The molecule has 170 valence electrons. The highest BCUT2D eigenvalue weighted by Crippen LogP contribution is 2.38. The maximum absolute atomic E-state index is 12.7. The molecule has 0 fully saturated rings. The summed E-state index contributed by atoms with van der Waals surface area (Å²) in [6, 6.07) is 18.0. The summed E-state index contributed by atoms with van der Waals surface area (Å²) < 4.78 is 5.47. The predicted molar refractivity (Wildman–Crippen MR) is 134 cm³/mol. The molecule has 5 aromatic rings. The summed E-state index contributed by atoms with van der Waals surface area (Å²) in [6.07, 6.45) is 1.61. The summed E-state index contributed by atoms with van der Waals surface area (Å²) in [5.74, 6) is -0.184. The molecule has 0 saturated heterocycles. The van der Waals surface area contributed by atoms with Crippen molar-refractivity contribution in [3.8, 4) is 44.9 Å². The highest BCUT2D eigenvalue weighted by atomic mass is 35.5. The van der Waals surface area contributed by atoms with Crippen molar-refractivity contribution in [2.75, 3.05) is 7.11 Å². The van der Waals surface area contributed by atoms with Gasteiger partial charge in [-0.05, 0) is 24.3 Å². The number of hydrogen-bond donors (Lipinski definition) is 1. The third-order valence-electron chi connectivity index (χ3n) is 5.24. The van der Waals surface area contributed by atoms with Crippen LogP contribution < -0.4 is 10.5 Å². The average molecular weight is 499 g/mol. The van der Waals surface area contributed by atoms with Crippen molar-refractivity contribution >= 4 is 39.3 Å². The molecule has 35 heavy (non-hydrogen) atoms. The monoisotopic (exact) mass is 498 g/mol. The van der Waals surface area contributed by atoms with E-state index in [0.29, 0.717) is 43.1 Å². The maximum atomic E-state index is 12.7. The fraction of sp³-hybridized carbons (Fsp3) is 0.0400. The van der Waals surface area contributed by atoms with Crippen LogP contribution in [0, 0.1) is 11.3 Å². The van der Waals surface area contributed by atoms with Crippen molar-refractivity contribution in [1.29, 1.82) is 5.26 Å². The number of carbonyl (C=O) groups is 1. The number of halogens is 1. The molecule has 2 N–H and O–H groups in total. The minimum Gasteiger partial charge on any atom is -0.496 e. The molecule has 3 heterocycles. The fourth-order valence-electron chi connectivity index (χ4n) is 3.67. The summed E-state index contributed by atoms with van der Waals surface area (Å²) in [4.78, 5) is 31.2. The largest absolute Gasteiger partial charge is 0.496 e. The van der Waals surface area contributed by atoms with Crippen LogP contribution >= 0.6 is 22.9 Å². The molecule has 0 aliphatic carbocycles. The number of thiazole rings is 1. The second-order valence-corrected chi connectivity index (χ2v) is 8.78. The molecule has 0 bridgehead atoms. The van der Waals surface area contributed by atoms with Crippen molar-refractivity contribution < 1.29 is 9.53 Å². The van der Waals surface area contributed by atoms with Gasteiger partial charge in [0.2, 0.25) is 0 Å². The molecular formula is C25H15ClN6O2S. The van der Waals surface area contributed by atoms with Gasteiger partial charge in [-0.2, -0.15) is 5.26 Å². The van der Waals surface area contributed by atoms with Gasteiger partial charge in [0.25, 0.3) is 5.91 Å². The molecule has 10 heteroatoms. The zero-order valence-corrected chi connectivity index (χ0v) is 19.8. The lowest BCUT2D eigenvalue weighted by molar-refractivity contribution is 0.100. The Balaban J connectivity index is 1.71. The van der Waals surface area contributed by atoms with Crippen LogP contribution in [-0.2, 0) is 0 Å². The standard InChI is InChI=1S/C25H15ClN6O2S/c1-34-19-5-3-2-4-16(19)17-10-15(11-27)30-21(20(17)22(28)33)24-32-23-25(35-24)31-18(12-29-23)13-6-8-14(26)9-7-13/h2-10,12H,1H3,(H2,28,33). The third-order valence-corrected chi connectivity index (χ3v) is 6.44.